The van der Waals surface area contributed by atoms with Crippen LogP contribution in [0.15, 0.2) is 18.2 Å². The van der Waals surface area contributed by atoms with E-state index in [0.717, 1.165) is 14.6 Å². The van der Waals surface area contributed by atoms with Crippen molar-refractivity contribution in [3.63, 3.8) is 0 Å². The van der Waals surface area contributed by atoms with Crippen molar-refractivity contribution < 1.29 is 4.39 Å². The molecule has 1 heterocycles. The highest BCUT2D eigenvalue weighted by Crippen LogP contribution is 2.19. The Morgan fingerprint density at radius 1 is 1.50 bits per heavy atom. The third-order valence-electron chi connectivity index (χ3n) is 1.77. The van der Waals surface area contributed by atoms with Gasteiger partial charge in [-0.1, -0.05) is 0 Å². The molecule has 2 aromatic rings. The Morgan fingerprint density at radius 3 is 3.00 bits per heavy atom. The first kappa shape index (κ1) is 7.97. The van der Waals surface area contributed by atoms with Gasteiger partial charge in [0, 0.05) is 12.4 Å². The number of fused-ring (bicyclic) bond motifs is 1. The first-order chi connectivity index (χ1) is 5.68. The highest BCUT2D eigenvalue weighted by molar-refractivity contribution is 14.1. The fourth-order valence-corrected chi connectivity index (χ4v) is 1.95. The predicted octanol–water partition coefficient (Wildman–Crippen LogP) is 2.32. The Kier molecular flexibility index (Phi) is 1.79. The highest BCUT2D eigenvalue weighted by Gasteiger charge is 2.05. The lowest BCUT2D eigenvalue weighted by molar-refractivity contribution is 0.629. The molecule has 0 aliphatic carbocycles. The molecular formula is C8H6FIN2. The zero-order valence-corrected chi connectivity index (χ0v) is 8.54. The first-order valence-corrected chi connectivity index (χ1v) is 4.54. The minimum absolute atomic E-state index is 0.214. The number of halogens is 2. The average Bonchev–Trinajstić information content (AvgIpc) is 2.28. The minimum Gasteiger partial charge on any atom is -0.267 e. The van der Waals surface area contributed by atoms with E-state index < -0.39 is 0 Å². The Bertz CT molecular complexity index is 436. The Hall–Kier alpha value is -0.650. The second kappa shape index (κ2) is 2.69. The van der Waals surface area contributed by atoms with E-state index in [0.29, 0.717) is 0 Å². The topological polar surface area (TPSA) is 17.8 Å². The molecule has 1 aromatic heterocycles. The Labute approximate surface area is 82.5 Å². The number of benzene rings is 1. The maximum atomic E-state index is 12.8. The van der Waals surface area contributed by atoms with Crippen molar-refractivity contribution in [2.24, 2.45) is 7.05 Å². The van der Waals surface area contributed by atoms with Crippen LogP contribution in [0.5, 0.6) is 0 Å². The fraction of sp³-hybridized carbons (Fsp3) is 0.125. The van der Waals surface area contributed by atoms with Crippen LogP contribution in [0.3, 0.4) is 0 Å². The molecule has 0 radical (unpaired) electrons. The zero-order valence-electron chi connectivity index (χ0n) is 6.38. The quantitative estimate of drug-likeness (QED) is 0.675. The van der Waals surface area contributed by atoms with Crippen molar-refractivity contribution in [1.29, 1.82) is 0 Å². The fourth-order valence-electron chi connectivity index (χ4n) is 1.20. The molecule has 0 aliphatic rings. The van der Waals surface area contributed by atoms with Gasteiger partial charge in [-0.15, -0.1) is 0 Å². The van der Waals surface area contributed by atoms with Gasteiger partial charge in [0.25, 0.3) is 0 Å². The molecule has 0 fully saturated rings. The van der Waals surface area contributed by atoms with Crippen LogP contribution in [0.25, 0.3) is 10.9 Å². The Balaban J connectivity index is 2.90. The molecule has 0 N–H and O–H groups in total. The molecule has 62 valence electrons. The molecule has 0 saturated carbocycles. The first-order valence-electron chi connectivity index (χ1n) is 3.46. The van der Waals surface area contributed by atoms with Crippen LogP contribution in [-0.4, -0.2) is 9.78 Å². The highest BCUT2D eigenvalue weighted by atomic mass is 127. The van der Waals surface area contributed by atoms with E-state index >= 15 is 0 Å². The van der Waals surface area contributed by atoms with E-state index in [2.05, 4.69) is 27.7 Å². The summed E-state index contributed by atoms with van der Waals surface area (Å²) >= 11 is 2.10. The number of hydrogen-bond donors (Lipinski definition) is 0. The molecule has 2 nitrogen and oxygen atoms in total. The van der Waals surface area contributed by atoms with Gasteiger partial charge in [-0.25, -0.2) is 4.39 Å². The summed E-state index contributed by atoms with van der Waals surface area (Å²) in [5.41, 5.74) is 0.959. The molecule has 0 aliphatic heterocycles. The average molecular weight is 276 g/mol. The van der Waals surface area contributed by atoms with Crippen LogP contribution in [-0.2, 0) is 7.05 Å². The number of aryl methyl sites for hydroxylation is 1. The largest absolute Gasteiger partial charge is 0.267 e. The van der Waals surface area contributed by atoms with Gasteiger partial charge in [0.15, 0.2) is 0 Å². The summed E-state index contributed by atoms with van der Waals surface area (Å²) in [7, 11) is 1.85. The summed E-state index contributed by atoms with van der Waals surface area (Å²) in [4.78, 5) is 0. The van der Waals surface area contributed by atoms with Crippen molar-refractivity contribution in [2.75, 3.05) is 0 Å². The third kappa shape index (κ3) is 1.10. The number of nitrogens with zero attached hydrogens (tertiary/aromatic N) is 2. The monoisotopic (exact) mass is 276 g/mol. The third-order valence-corrected chi connectivity index (χ3v) is 2.56. The van der Waals surface area contributed by atoms with E-state index in [4.69, 9.17) is 0 Å². The molecule has 0 spiro atoms. The van der Waals surface area contributed by atoms with E-state index in [9.17, 15) is 4.39 Å². The summed E-state index contributed by atoms with van der Waals surface area (Å²) < 4.78 is 15.4. The van der Waals surface area contributed by atoms with Crippen LogP contribution in [0.4, 0.5) is 4.39 Å². The molecular weight excluding hydrogens is 270 g/mol. The van der Waals surface area contributed by atoms with Crippen LogP contribution in [0.2, 0.25) is 0 Å². The second-order valence-corrected chi connectivity index (χ2v) is 3.60. The normalized spacial score (nSPS) is 10.9. The van der Waals surface area contributed by atoms with Gasteiger partial charge in [0.2, 0.25) is 0 Å². The second-order valence-electron chi connectivity index (χ2n) is 2.58. The summed E-state index contributed by atoms with van der Waals surface area (Å²) in [6, 6.07) is 4.68. The lowest BCUT2D eigenvalue weighted by atomic mass is 10.2. The summed E-state index contributed by atoms with van der Waals surface area (Å²) in [5, 5.41) is 5.04. The van der Waals surface area contributed by atoms with Gasteiger partial charge in [-0.05, 0) is 40.8 Å². The predicted molar refractivity (Wildman–Crippen MR) is 53.4 cm³/mol. The van der Waals surface area contributed by atoms with Gasteiger partial charge in [-0.2, -0.15) is 5.10 Å². The van der Waals surface area contributed by atoms with Crippen molar-refractivity contribution >= 4 is 33.5 Å². The summed E-state index contributed by atoms with van der Waals surface area (Å²) in [6.07, 6.45) is 0. The smallest absolute Gasteiger partial charge is 0.131 e. The van der Waals surface area contributed by atoms with Crippen molar-refractivity contribution in [3.8, 4) is 0 Å². The van der Waals surface area contributed by atoms with Gasteiger partial charge in [0.05, 0.1) is 5.52 Å². The van der Waals surface area contributed by atoms with E-state index in [1.165, 1.54) is 12.1 Å². The SMILES string of the molecule is Cn1nc(I)c2cc(F)ccc21. The molecule has 0 unspecified atom stereocenters. The van der Waals surface area contributed by atoms with Gasteiger partial charge >= 0.3 is 0 Å². The standard InChI is InChI=1S/C8H6FIN2/c1-12-7-3-2-5(9)4-6(7)8(10)11-12/h2-4H,1H3. The van der Waals surface area contributed by atoms with Crippen LogP contribution in [0.1, 0.15) is 0 Å². The molecule has 4 heteroatoms. The molecule has 0 saturated heterocycles. The minimum atomic E-state index is -0.214. The molecule has 0 bridgehead atoms. The van der Waals surface area contributed by atoms with E-state index in [1.807, 2.05) is 7.05 Å². The van der Waals surface area contributed by atoms with Gasteiger partial charge in [-0.3, -0.25) is 4.68 Å². The molecule has 12 heavy (non-hydrogen) atoms. The zero-order chi connectivity index (χ0) is 8.72. The van der Waals surface area contributed by atoms with Crippen molar-refractivity contribution in [1.82, 2.24) is 9.78 Å². The maximum absolute atomic E-state index is 12.8. The lowest BCUT2D eigenvalue weighted by Crippen LogP contribution is -1.88. The maximum Gasteiger partial charge on any atom is 0.131 e. The molecule has 1 aromatic carbocycles. The van der Waals surface area contributed by atoms with Crippen LogP contribution < -0.4 is 0 Å². The number of aromatic nitrogens is 2. The van der Waals surface area contributed by atoms with Gasteiger partial charge in [0.1, 0.15) is 9.52 Å². The number of rotatable bonds is 0. The van der Waals surface area contributed by atoms with Crippen LogP contribution in [0, 0.1) is 9.52 Å². The van der Waals surface area contributed by atoms with Gasteiger partial charge < -0.3 is 0 Å². The van der Waals surface area contributed by atoms with E-state index in [-0.39, 0.29) is 5.82 Å². The van der Waals surface area contributed by atoms with Crippen molar-refractivity contribution in [2.45, 2.75) is 0 Å². The lowest BCUT2D eigenvalue weighted by Gasteiger charge is -1.92. The Morgan fingerprint density at radius 2 is 2.25 bits per heavy atom. The van der Waals surface area contributed by atoms with Crippen LogP contribution >= 0.6 is 22.6 Å². The number of hydrogen-bond acceptors (Lipinski definition) is 1. The summed E-state index contributed by atoms with van der Waals surface area (Å²) in [6.45, 7) is 0. The molecule has 0 atom stereocenters. The van der Waals surface area contributed by atoms with Crippen molar-refractivity contribution in [3.05, 3.63) is 27.7 Å². The molecule has 2 rings (SSSR count). The summed E-state index contributed by atoms with van der Waals surface area (Å²) in [5.74, 6) is -0.214. The molecule has 0 amide bonds. The van der Waals surface area contributed by atoms with E-state index in [1.54, 1.807) is 10.7 Å².